The van der Waals surface area contributed by atoms with Crippen molar-refractivity contribution in [3.63, 3.8) is 0 Å². The second kappa shape index (κ2) is 10.2. The van der Waals surface area contributed by atoms with E-state index in [1.165, 1.54) is 12.3 Å². The quantitative estimate of drug-likeness (QED) is 0.678. The summed E-state index contributed by atoms with van der Waals surface area (Å²) in [6.07, 6.45) is 4.10. The summed E-state index contributed by atoms with van der Waals surface area (Å²) < 4.78 is 5.19. The van der Waals surface area contributed by atoms with E-state index in [-0.39, 0.29) is 17.5 Å². The summed E-state index contributed by atoms with van der Waals surface area (Å²) >= 11 is 0. The largest absolute Gasteiger partial charge is 0.497 e. The van der Waals surface area contributed by atoms with Crippen LogP contribution < -0.4 is 15.4 Å². The predicted octanol–water partition coefficient (Wildman–Crippen LogP) is 2.59. The maximum Gasteiger partial charge on any atom is 0.269 e. The van der Waals surface area contributed by atoms with Gasteiger partial charge in [-0.1, -0.05) is 25.5 Å². The molecule has 2 rings (SSSR count). The lowest BCUT2D eigenvalue weighted by Crippen LogP contribution is -2.28. The Morgan fingerprint density at radius 2 is 1.88 bits per heavy atom. The minimum absolute atomic E-state index is 0.189. The number of amides is 2. The molecule has 0 unspecified atom stereocenters. The summed E-state index contributed by atoms with van der Waals surface area (Å²) in [5.41, 5.74) is 1.74. The molecular weight excluding hydrogens is 330 g/mol. The third-order valence-electron chi connectivity index (χ3n) is 3.90. The van der Waals surface area contributed by atoms with Gasteiger partial charge in [-0.2, -0.15) is 0 Å². The van der Waals surface area contributed by atoms with Crippen LogP contribution in [0.15, 0.2) is 42.6 Å². The summed E-state index contributed by atoms with van der Waals surface area (Å²) in [6.45, 7) is 3.16. The van der Waals surface area contributed by atoms with Crippen LogP contribution in [-0.4, -0.2) is 37.0 Å². The van der Waals surface area contributed by atoms with Gasteiger partial charge in [-0.15, -0.1) is 0 Å². The minimum Gasteiger partial charge on any atom is -0.497 e. The molecule has 0 radical (unpaired) electrons. The zero-order valence-corrected chi connectivity index (χ0v) is 15.2. The Labute approximate surface area is 154 Å². The summed E-state index contributed by atoms with van der Waals surface area (Å²) in [6, 6.07) is 10.8. The van der Waals surface area contributed by atoms with Gasteiger partial charge in [0.25, 0.3) is 11.8 Å². The minimum atomic E-state index is -0.295. The van der Waals surface area contributed by atoms with Crippen molar-refractivity contribution in [3.8, 4) is 5.75 Å². The molecule has 0 atom stereocenters. The molecule has 1 aromatic carbocycles. The number of benzene rings is 1. The molecule has 0 aliphatic carbocycles. The highest BCUT2D eigenvalue weighted by molar-refractivity contribution is 5.98. The van der Waals surface area contributed by atoms with Gasteiger partial charge in [0, 0.05) is 24.8 Å². The van der Waals surface area contributed by atoms with Crippen molar-refractivity contribution in [1.82, 2.24) is 15.6 Å². The second-order valence-electron chi connectivity index (χ2n) is 5.90. The number of hydrogen-bond donors (Lipinski definition) is 2. The number of pyridine rings is 1. The van der Waals surface area contributed by atoms with Gasteiger partial charge in [-0.3, -0.25) is 14.6 Å². The molecule has 0 bridgehead atoms. The van der Waals surface area contributed by atoms with E-state index in [1.807, 2.05) is 24.3 Å². The zero-order chi connectivity index (χ0) is 18.8. The number of carbonyl (C=O) groups excluding carboxylic acids is 2. The molecule has 0 aliphatic heterocycles. The number of unbranched alkanes of at least 4 members (excludes halogenated alkanes) is 1. The molecule has 138 valence electrons. The Hall–Kier alpha value is -2.89. The fraction of sp³-hybridized carbons (Fsp3) is 0.350. The van der Waals surface area contributed by atoms with Crippen LogP contribution in [0.4, 0.5) is 0 Å². The third-order valence-corrected chi connectivity index (χ3v) is 3.90. The van der Waals surface area contributed by atoms with Crippen LogP contribution in [0, 0.1) is 0 Å². The van der Waals surface area contributed by atoms with Gasteiger partial charge in [0.15, 0.2) is 0 Å². The lowest BCUT2D eigenvalue weighted by Gasteiger charge is -2.08. The summed E-state index contributed by atoms with van der Waals surface area (Å²) in [5.74, 6) is 0.305. The molecule has 0 saturated heterocycles. The van der Waals surface area contributed by atoms with Crippen LogP contribution in [0.5, 0.6) is 5.75 Å². The number of nitrogens with one attached hydrogen (secondary N) is 2. The second-order valence-corrected chi connectivity index (χ2v) is 5.90. The molecule has 2 aromatic rings. The highest BCUT2D eigenvalue weighted by atomic mass is 16.5. The normalized spacial score (nSPS) is 10.2. The molecule has 6 nitrogen and oxygen atoms in total. The highest BCUT2D eigenvalue weighted by Gasteiger charge is 2.11. The van der Waals surface area contributed by atoms with Crippen LogP contribution in [0.3, 0.4) is 0 Å². The molecule has 0 saturated carbocycles. The molecule has 0 fully saturated rings. The van der Waals surface area contributed by atoms with Gasteiger partial charge in [-0.25, -0.2) is 0 Å². The number of carbonyl (C=O) groups is 2. The Balaban J connectivity index is 1.88. The van der Waals surface area contributed by atoms with Crippen molar-refractivity contribution in [3.05, 3.63) is 59.4 Å². The maximum absolute atomic E-state index is 12.3. The van der Waals surface area contributed by atoms with Crippen molar-refractivity contribution in [2.75, 3.05) is 20.2 Å². The first-order valence-corrected chi connectivity index (χ1v) is 8.79. The van der Waals surface area contributed by atoms with Crippen LogP contribution in [-0.2, 0) is 6.42 Å². The monoisotopic (exact) mass is 355 g/mol. The maximum atomic E-state index is 12.3. The van der Waals surface area contributed by atoms with E-state index in [0.717, 1.165) is 24.2 Å². The van der Waals surface area contributed by atoms with Gasteiger partial charge in [0.05, 0.1) is 7.11 Å². The molecular formula is C20H25N3O3. The number of rotatable bonds is 9. The van der Waals surface area contributed by atoms with Crippen molar-refractivity contribution in [2.24, 2.45) is 0 Å². The summed E-state index contributed by atoms with van der Waals surface area (Å²) in [5, 5.41) is 5.66. The number of methoxy groups -OCH3 is 1. The van der Waals surface area contributed by atoms with E-state index in [1.54, 1.807) is 13.2 Å². The Kier molecular flexibility index (Phi) is 7.61. The average Bonchev–Trinajstić information content (AvgIpc) is 2.68. The topological polar surface area (TPSA) is 80.3 Å². The fourth-order valence-corrected chi connectivity index (χ4v) is 2.42. The van der Waals surface area contributed by atoms with Gasteiger partial charge in [-0.05, 0) is 42.7 Å². The first kappa shape index (κ1) is 19.4. The Morgan fingerprint density at radius 3 is 2.65 bits per heavy atom. The lowest BCUT2D eigenvalue weighted by molar-refractivity contribution is 0.0949. The molecule has 1 aromatic heterocycles. The Bertz CT molecular complexity index is 747. The van der Waals surface area contributed by atoms with E-state index in [0.29, 0.717) is 25.1 Å². The molecule has 1 heterocycles. The van der Waals surface area contributed by atoms with Gasteiger partial charge in [0.1, 0.15) is 11.4 Å². The van der Waals surface area contributed by atoms with E-state index < -0.39 is 0 Å². The van der Waals surface area contributed by atoms with E-state index >= 15 is 0 Å². The number of ether oxygens (including phenoxy) is 1. The number of hydrogen-bond acceptors (Lipinski definition) is 4. The van der Waals surface area contributed by atoms with E-state index in [9.17, 15) is 9.59 Å². The van der Waals surface area contributed by atoms with Crippen molar-refractivity contribution < 1.29 is 14.3 Å². The van der Waals surface area contributed by atoms with Crippen molar-refractivity contribution >= 4 is 11.8 Å². The SMILES string of the molecule is CCCCNC(=O)c1ccnc(C(=O)NCCc2cccc(OC)c2)c1. The molecule has 0 spiro atoms. The molecule has 6 heteroatoms. The summed E-state index contributed by atoms with van der Waals surface area (Å²) in [7, 11) is 1.62. The van der Waals surface area contributed by atoms with E-state index in [4.69, 9.17) is 4.74 Å². The first-order valence-electron chi connectivity index (χ1n) is 8.79. The fourth-order valence-electron chi connectivity index (χ4n) is 2.42. The number of aromatic nitrogens is 1. The van der Waals surface area contributed by atoms with Gasteiger partial charge < -0.3 is 15.4 Å². The zero-order valence-electron chi connectivity index (χ0n) is 15.2. The predicted molar refractivity (Wildman–Crippen MR) is 101 cm³/mol. The molecule has 0 aliphatic rings. The van der Waals surface area contributed by atoms with Crippen LogP contribution >= 0.6 is 0 Å². The van der Waals surface area contributed by atoms with Gasteiger partial charge >= 0.3 is 0 Å². The number of nitrogens with zero attached hydrogens (tertiary/aromatic N) is 1. The van der Waals surface area contributed by atoms with Crippen LogP contribution in [0.2, 0.25) is 0 Å². The van der Waals surface area contributed by atoms with E-state index in [2.05, 4.69) is 22.5 Å². The molecule has 2 amide bonds. The van der Waals surface area contributed by atoms with Crippen LogP contribution in [0.1, 0.15) is 46.2 Å². The van der Waals surface area contributed by atoms with Crippen molar-refractivity contribution in [1.29, 1.82) is 0 Å². The van der Waals surface area contributed by atoms with Crippen molar-refractivity contribution in [2.45, 2.75) is 26.2 Å². The smallest absolute Gasteiger partial charge is 0.269 e. The third kappa shape index (κ3) is 5.88. The Morgan fingerprint density at radius 1 is 1.08 bits per heavy atom. The first-order chi connectivity index (χ1) is 12.6. The average molecular weight is 355 g/mol. The molecule has 26 heavy (non-hydrogen) atoms. The molecule has 2 N–H and O–H groups in total. The lowest BCUT2D eigenvalue weighted by atomic mass is 10.1. The van der Waals surface area contributed by atoms with Gasteiger partial charge in [0.2, 0.25) is 0 Å². The van der Waals surface area contributed by atoms with Crippen LogP contribution in [0.25, 0.3) is 0 Å². The highest BCUT2D eigenvalue weighted by Crippen LogP contribution is 2.12. The summed E-state index contributed by atoms with van der Waals surface area (Å²) in [4.78, 5) is 28.4. The standard InChI is InChI=1S/C20H25N3O3/c1-3-4-10-22-19(24)16-9-12-21-18(14-16)20(25)23-11-8-15-6-5-7-17(13-15)26-2/h5-7,9,12-14H,3-4,8,10-11H2,1-2H3,(H,22,24)(H,23,25).